The highest BCUT2D eigenvalue weighted by atomic mass is 35.5. The van der Waals surface area contributed by atoms with Crippen molar-refractivity contribution in [3.05, 3.63) is 52.2 Å². The number of aryl methyl sites for hydroxylation is 1. The van der Waals surface area contributed by atoms with Gasteiger partial charge in [0.05, 0.1) is 22.5 Å². The topological polar surface area (TPSA) is 32.0 Å². The molecule has 2 aliphatic rings. The Labute approximate surface area is 172 Å². The lowest BCUT2D eigenvalue weighted by atomic mass is 9.92. The standard InChI is InChI=1S/C22H21ClF3N3/c1-13-10-16-17(12-27)21(29(15-6-5-7-15)20(16)11-18(13)23)19-8-3-4-9-28(19)14(2)22(24,25)26/h3-4,8,10-11,14-15H,5-7,9H2,1-2H3/t14-/m1/s1. The normalized spacial score (nSPS) is 18.5. The number of aromatic nitrogens is 1. The number of hydrogen-bond acceptors (Lipinski definition) is 2. The van der Waals surface area contributed by atoms with Crippen LogP contribution < -0.4 is 0 Å². The Morgan fingerprint density at radius 3 is 2.59 bits per heavy atom. The van der Waals surface area contributed by atoms with Crippen LogP contribution >= 0.6 is 11.6 Å². The molecule has 7 heteroatoms. The fourth-order valence-corrected chi connectivity index (χ4v) is 4.27. The third-order valence-corrected chi connectivity index (χ3v) is 6.43. The maximum atomic E-state index is 13.6. The van der Waals surface area contributed by atoms with E-state index in [0.29, 0.717) is 22.0 Å². The number of halogens is 4. The van der Waals surface area contributed by atoms with Crippen LogP contribution in [0.25, 0.3) is 16.6 Å². The van der Waals surface area contributed by atoms with Crippen molar-refractivity contribution in [3.63, 3.8) is 0 Å². The molecule has 0 unspecified atom stereocenters. The molecule has 0 N–H and O–H groups in total. The molecule has 1 saturated carbocycles. The molecule has 0 radical (unpaired) electrons. The second kappa shape index (κ2) is 7.14. The molecule has 1 aromatic carbocycles. The summed E-state index contributed by atoms with van der Waals surface area (Å²) in [6.45, 7) is 3.17. The number of rotatable bonds is 3. The van der Waals surface area contributed by atoms with Crippen LogP contribution in [0, 0.1) is 18.3 Å². The predicted octanol–water partition coefficient (Wildman–Crippen LogP) is 6.36. The van der Waals surface area contributed by atoms with Crippen LogP contribution in [0.2, 0.25) is 5.02 Å². The molecule has 1 aliphatic carbocycles. The van der Waals surface area contributed by atoms with Gasteiger partial charge in [-0.05, 0) is 56.9 Å². The van der Waals surface area contributed by atoms with Crippen molar-refractivity contribution in [2.75, 3.05) is 6.54 Å². The Kier molecular flexibility index (Phi) is 4.90. The van der Waals surface area contributed by atoms with E-state index in [4.69, 9.17) is 11.6 Å². The van der Waals surface area contributed by atoms with Crippen LogP contribution in [0.1, 0.15) is 49.0 Å². The number of nitriles is 1. The minimum absolute atomic E-state index is 0.142. The maximum Gasteiger partial charge on any atom is 0.408 e. The summed E-state index contributed by atoms with van der Waals surface area (Å²) in [5.74, 6) is 0. The summed E-state index contributed by atoms with van der Waals surface area (Å²) in [4.78, 5) is 1.33. The summed E-state index contributed by atoms with van der Waals surface area (Å²) in [5, 5.41) is 11.3. The van der Waals surface area contributed by atoms with E-state index in [1.807, 2.05) is 23.6 Å². The quantitative estimate of drug-likeness (QED) is 0.579. The van der Waals surface area contributed by atoms with Gasteiger partial charge >= 0.3 is 6.18 Å². The lowest BCUT2D eigenvalue weighted by Gasteiger charge is -2.37. The third-order valence-electron chi connectivity index (χ3n) is 6.02. The van der Waals surface area contributed by atoms with Gasteiger partial charge < -0.3 is 9.47 Å². The largest absolute Gasteiger partial charge is 0.408 e. The van der Waals surface area contributed by atoms with Gasteiger partial charge in [-0.1, -0.05) is 23.8 Å². The van der Waals surface area contributed by atoms with Gasteiger partial charge in [0.2, 0.25) is 0 Å². The predicted molar refractivity (Wildman–Crippen MR) is 109 cm³/mol. The lowest BCUT2D eigenvalue weighted by Crippen LogP contribution is -2.43. The molecular weight excluding hydrogens is 399 g/mol. The summed E-state index contributed by atoms with van der Waals surface area (Å²) < 4.78 is 42.8. The van der Waals surface area contributed by atoms with E-state index in [1.165, 1.54) is 4.90 Å². The first-order valence-electron chi connectivity index (χ1n) is 9.68. The fraction of sp³-hybridized carbons (Fsp3) is 0.409. The summed E-state index contributed by atoms with van der Waals surface area (Å²) in [6, 6.07) is 4.47. The minimum atomic E-state index is -4.37. The fourth-order valence-electron chi connectivity index (χ4n) is 4.11. The van der Waals surface area contributed by atoms with E-state index in [1.54, 1.807) is 18.2 Å². The molecule has 1 fully saturated rings. The Balaban J connectivity index is 2.00. The Hall–Kier alpha value is -2.39. The molecule has 152 valence electrons. The molecule has 0 bridgehead atoms. The molecule has 1 aliphatic heterocycles. The zero-order valence-corrected chi connectivity index (χ0v) is 17.0. The lowest BCUT2D eigenvalue weighted by molar-refractivity contribution is -0.169. The highest BCUT2D eigenvalue weighted by Gasteiger charge is 2.42. The highest BCUT2D eigenvalue weighted by molar-refractivity contribution is 6.32. The minimum Gasteiger partial charge on any atom is -0.354 e. The molecular formula is C22H21ClF3N3. The number of allylic oxidation sites excluding steroid dienone is 2. The number of fused-ring (bicyclic) bond motifs is 1. The maximum absolute atomic E-state index is 13.6. The highest BCUT2D eigenvalue weighted by Crippen LogP contribution is 2.44. The Morgan fingerprint density at radius 1 is 1.28 bits per heavy atom. The van der Waals surface area contributed by atoms with Crippen LogP contribution in [0.15, 0.2) is 30.4 Å². The smallest absolute Gasteiger partial charge is 0.354 e. The average Bonchev–Trinajstić information content (AvgIpc) is 2.92. The average molecular weight is 420 g/mol. The van der Waals surface area contributed by atoms with E-state index < -0.39 is 12.2 Å². The first-order valence-corrected chi connectivity index (χ1v) is 10.1. The van der Waals surface area contributed by atoms with Crippen molar-refractivity contribution in [2.45, 2.75) is 51.4 Å². The van der Waals surface area contributed by atoms with Gasteiger partial charge in [0.15, 0.2) is 0 Å². The van der Waals surface area contributed by atoms with Crippen molar-refractivity contribution >= 4 is 28.2 Å². The van der Waals surface area contributed by atoms with Gasteiger partial charge in [0.1, 0.15) is 12.1 Å². The van der Waals surface area contributed by atoms with E-state index in [9.17, 15) is 18.4 Å². The van der Waals surface area contributed by atoms with Gasteiger partial charge in [0.25, 0.3) is 0 Å². The van der Waals surface area contributed by atoms with Gasteiger partial charge in [-0.25, -0.2) is 0 Å². The van der Waals surface area contributed by atoms with E-state index in [-0.39, 0.29) is 12.6 Å². The molecule has 1 atom stereocenters. The van der Waals surface area contributed by atoms with Gasteiger partial charge in [-0.2, -0.15) is 18.4 Å². The summed E-state index contributed by atoms with van der Waals surface area (Å²) in [5.41, 5.74) is 3.06. The first kappa shape index (κ1) is 19.9. The van der Waals surface area contributed by atoms with Crippen LogP contribution in [0.3, 0.4) is 0 Å². The summed E-state index contributed by atoms with van der Waals surface area (Å²) in [7, 11) is 0. The number of nitrogens with zero attached hydrogens (tertiary/aromatic N) is 3. The van der Waals surface area contributed by atoms with Crippen LogP contribution in [-0.2, 0) is 0 Å². The molecule has 29 heavy (non-hydrogen) atoms. The number of hydrogen-bond donors (Lipinski definition) is 0. The summed E-state index contributed by atoms with van der Waals surface area (Å²) >= 11 is 6.37. The molecule has 1 aromatic heterocycles. The molecule has 0 spiro atoms. The van der Waals surface area contributed by atoms with Crippen LogP contribution in [0.4, 0.5) is 13.2 Å². The van der Waals surface area contributed by atoms with Gasteiger partial charge in [-0.15, -0.1) is 0 Å². The SMILES string of the molecule is Cc1cc2c(C#N)c(C3=CC=CCN3[C@H](C)C(F)(F)F)n(C3CCC3)c2cc1Cl. The van der Waals surface area contributed by atoms with Crippen molar-refractivity contribution in [1.29, 1.82) is 5.26 Å². The van der Waals surface area contributed by atoms with Crippen LogP contribution in [-0.4, -0.2) is 28.2 Å². The van der Waals surface area contributed by atoms with Gasteiger partial charge in [-0.3, -0.25) is 0 Å². The third kappa shape index (κ3) is 3.22. The van der Waals surface area contributed by atoms with E-state index in [0.717, 1.165) is 42.7 Å². The monoisotopic (exact) mass is 419 g/mol. The van der Waals surface area contributed by atoms with Crippen molar-refractivity contribution in [2.24, 2.45) is 0 Å². The van der Waals surface area contributed by atoms with E-state index >= 15 is 0 Å². The first-order chi connectivity index (χ1) is 13.7. The van der Waals surface area contributed by atoms with Crippen molar-refractivity contribution in [3.8, 4) is 6.07 Å². The van der Waals surface area contributed by atoms with E-state index in [2.05, 4.69) is 6.07 Å². The van der Waals surface area contributed by atoms with Gasteiger partial charge in [0, 0.05) is 23.0 Å². The molecule has 4 rings (SSSR count). The molecule has 0 saturated heterocycles. The van der Waals surface area contributed by atoms with Crippen LogP contribution in [0.5, 0.6) is 0 Å². The molecule has 0 amide bonds. The second-order valence-corrected chi connectivity index (χ2v) is 8.17. The zero-order valence-electron chi connectivity index (χ0n) is 16.2. The number of benzene rings is 1. The molecule has 2 aromatic rings. The summed E-state index contributed by atoms with van der Waals surface area (Å²) in [6.07, 6.45) is 3.71. The second-order valence-electron chi connectivity index (χ2n) is 7.76. The Bertz CT molecular complexity index is 1070. The van der Waals surface area contributed by atoms with Crippen molar-refractivity contribution in [1.82, 2.24) is 9.47 Å². The molecule has 2 heterocycles. The zero-order chi connectivity index (χ0) is 20.9. The number of alkyl halides is 3. The van der Waals surface area contributed by atoms with Crippen molar-refractivity contribution < 1.29 is 13.2 Å². The Morgan fingerprint density at radius 2 is 2.00 bits per heavy atom. The molecule has 3 nitrogen and oxygen atoms in total.